The van der Waals surface area contributed by atoms with Gasteiger partial charge in [-0.2, -0.15) is 9.98 Å². The third-order valence-corrected chi connectivity index (χ3v) is 9.40. The van der Waals surface area contributed by atoms with Gasteiger partial charge in [0.15, 0.2) is 11.2 Å². The van der Waals surface area contributed by atoms with Crippen molar-refractivity contribution in [1.29, 1.82) is 5.26 Å². The lowest BCUT2D eigenvalue weighted by Crippen LogP contribution is -2.63. The van der Waals surface area contributed by atoms with Crippen LogP contribution in [0.5, 0.6) is 0 Å². The number of nitriles is 1. The van der Waals surface area contributed by atoms with Crippen LogP contribution in [0.25, 0.3) is 27.6 Å². The third kappa shape index (κ3) is 5.90. The van der Waals surface area contributed by atoms with Gasteiger partial charge in [0.05, 0.1) is 6.10 Å². The molecule has 0 bridgehead atoms. The normalized spacial score (nSPS) is 23.7. The minimum atomic E-state index is -4.51. The van der Waals surface area contributed by atoms with Gasteiger partial charge in [-0.25, -0.2) is 8.42 Å². The number of sulfonamides is 1. The first kappa shape index (κ1) is 30.7. The van der Waals surface area contributed by atoms with Gasteiger partial charge in [0.25, 0.3) is 10.0 Å². The lowest BCUT2D eigenvalue weighted by Gasteiger charge is -2.40. The number of fused-ring (bicyclic) bond motifs is 1. The number of hydrogen-bond donors (Lipinski definition) is 4. The molecule has 11 heteroatoms. The maximum absolute atomic E-state index is 13.3. The topological polar surface area (TPSA) is 148 Å². The Labute approximate surface area is 241 Å². The Hall–Kier alpha value is -3.24. The molecule has 0 spiro atoms. The summed E-state index contributed by atoms with van der Waals surface area (Å²) in [5.74, 6) is 0. The number of hydrogen-bond acceptors (Lipinski definition) is 8. The third-order valence-electron chi connectivity index (χ3n) is 7.88. The molecular weight excluding hydrogens is 544 g/mol. The van der Waals surface area contributed by atoms with Crippen LogP contribution in [0.3, 0.4) is 0 Å². The number of benzene rings is 2. The van der Waals surface area contributed by atoms with Crippen molar-refractivity contribution in [2.45, 2.75) is 64.8 Å². The van der Waals surface area contributed by atoms with E-state index in [0.29, 0.717) is 12.1 Å². The van der Waals surface area contributed by atoms with Crippen LogP contribution in [0.2, 0.25) is 0 Å². The summed E-state index contributed by atoms with van der Waals surface area (Å²) in [5.41, 5.74) is 3.61. The van der Waals surface area contributed by atoms with Crippen molar-refractivity contribution in [2.24, 2.45) is 7.05 Å². The zero-order chi connectivity index (χ0) is 30.1. The first-order valence-corrected chi connectivity index (χ1v) is 15.2. The van der Waals surface area contributed by atoms with Crippen molar-refractivity contribution >= 4 is 32.1 Å². The second-order valence-electron chi connectivity index (χ2n) is 10.2. The van der Waals surface area contributed by atoms with Gasteiger partial charge in [0.2, 0.25) is 0 Å². The van der Waals surface area contributed by atoms with Crippen LogP contribution in [-0.2, 0) is 21.8 Å². The number of aliphatic hydroxyl groups is 3. The van der Waals surface area contributed by atoms with Crippen molar-refractivity contribution in [1.82, 2.24) is 9.29 Å². The van der Waals surface area contributed by atoms with Gasteiger partial charge >= 0.3 is 0 Å². The Balaban J connectivity index is 1.65. The summed E-state index contributed by atoms with van der Waals surface area (Å²) in [6.07, 6.45) is -5.29. The molecule has 1 aromatic heterocycles. The van der Waals surface area contributed by atoms with Crippen LogP contribution >= 0.6 is 0 Å². The number of nitrogens with zero attached hydrogens (tertiary/aromatic N) is 3. The molecule has 0 amide bonds. The average molecular weight is 583 g/mol. The number of rotatable bonds is 9. The van der Waals surface area contributed by atoms with Gasteiger partial charge in [0, 0.05) is 42.8 Å². The molecule has 10 nitrogen and oxygen atoms in total. The van der Waals surface area contributed by atoms with E-state index in [2.05, 4.69) is 53.8 Å². The van der Waals surface area contributed by atoms with Crippen LogP contribution in [0.4, 0.5) is 5.69 Å². The molecule has 0 aliphatic carbocycles. The molecule has 1 fully saturated rings. The zero-order valence-corrected chi connectivity index (χ0v) is 24.8. The largest absolute Gasteiger partial charge is 0.388 e. The first-order chi connectivity index (χ1) is 19.5. The molecule has 3 aromatic rings. The predicted octanol–water partition coefficient (Wildman–Crippen LogP) is 3.08. The molecule has 1 aliphatic heterocycles. The second-order valence-corrected chi connectivity index (χ2v) is 11.9. The highest BCUT2D eigenvalue weighted by molar-refractivity contribution is 7.93. The summed E-state index contributed by atoms with van der Waals surface area (Å²) in [7, 11) is -2.72. The van der Waals surface area contributed by atoms with E-state index in [1.165, 1.54) is 6.92 Å². The summed E-state index contributed by atoms with van der Waals surface area (Å²) < 4.78 is 35.8. The summed E-state index contributed by atoms with van der Waals surface area (Å²) in [6.45, 7) is 9.33. The Morgan fingerprint density at radius 2 is 1.68 bits per heavy atom. The van der Waals surface area contributed by atoms with Crippen molar-refractivity contribution in [3.8, 4) is 17.3 Å². The SMILES string of the molecule is CC[C@H]1OC(O)[C@H](NS(=O)(=O)/C(C#N)=C(\C)c2ccc(-c3ccc4cc(N(CC)CC)ccc4c3)n2C)[C@@H](O)[C@@H]1O. The van der Waals surface area contributed by atoms with Crippen LogP contribution in [0.15, 0.2) is 53.4 Å². The summed E-state index contributed by atoms with van der Waals surface area (Å²) >= 11 is 0. The molecule has 4 N–H and O–H groups in total. The molecule has 1 saturated heterocycles. The zero-order valence-electron chi connectivity index (χ0n) is 23.9. The molecule has 1 aliphatic rings. The van der Waals surface area contributed by atoms with E-state index in [9.17, 15) is 29.0 Å². The molecule has 5 atom stereocenters. The fourth-order valence-corrected chi connectivity index (χ4v) is 6.83. The second kappa shape index (κ2) is 12.3. The van der Waals surface area contributed by atoms with Crippen molar-refractivity contribution < 1.29 is 28.5 Å². The minimum Gasteiger partial charge on any atom is -0.388 e. The number of allylic oxidation sites excluding steroid dienone is 2. The van der Waals surface area contributed by atoms with E-state index in [4.69, 9.17) is 4.74 Å². The van der Waals surface area contributed by atoms with E-state index in [0.717, 1.165) is 40.8 Å². The van der Waals surface area contributed by atoms with Crippen LogP contribution < -0.4 is 9.62 Å². The number of anilines is 1. The van der Waals surface area contributed by atoms with Crippen LogP contribution in [0, 0.1) is 11.3 Å². The fraction of sp³-hybridized carbons (Fsp3) is 0.433. The van der Waals surface area contributed by atoms with Gasteiger partial charge in [-0.05, 0) is 73.9 Å². The fourth-order valence-electron chi connectivity index (χ4n) is 5.47. The molecule has 0 saturated carbocycles. The standard InChI is InChI=1S/C30H38N4O6S/c1-6-25-28(35)29(36)27(30(37)40-25)32-41(38,39)26(17-31)18(4)23-13-14-24(33(23)5)21-10-9-20-16-22(34(7-2)8-3)12-11-19(20)15-21/h9-16,25,27-30,32,35-37H,6-8H2,1-5H3/b26-18+/t25-,27-,28-,29-,30?/m1/s1. The van der Waals surface area contributed by atoms with E-state index in [1.54, 1.807) is 26.1 Å². The van der Waals surface area contributed by atoms with Crippen molar-refractivity contribution in [3.63, 3.8) is 0 Å². The quantitative estimate of drug-likeness (QED) is 0.282. The van der Waals surface area contributed by atoms with Crippen LogP contribution in [0.1, 0.15) is 39.8 Å². The smallest absolute Gasteiger partial charge is 0.251 e. The Morgan fingerprint density at radius 3 is 2.32 bits per heavy atom. The van der Waals surface area contributed by atoms with Crippen LogP contribution in [-0.4, -0.2) is 72.0 Å². The Morgan fingerprint density at radius 1 is 1.02 bits per heavy atom. The van der Waals surface area contributed by atoms with Gasteiger partial charge in [-0.15, -0.1) is 0 Å². The average Bonchev–Trinajstić information content (AvgIpc) is 3.34. The Bertz CT molecular complexity index is 1590. The van der Waals surface area contributed by atoms with Gasteiger partial charge < -0.3 is 29.5 Å². The van der Waals surface area contributed by atoms with E-state index in [-0.39, 0.29) is 5.57 Å². The van der Waals surface area contributed by atoms with Gasteiger partial charge in [0.1, 0.15) is 24.3 Å². The summed E-state index contributed by atoms with van der Waals surface area (Å²) in [4.78, 5) is 1.72. The molecule has 2 heterocycles. The number of aromatic nitrogens is 1. The summed E-state index contributed by atoms with van der Waals surface area (Å²) in [6, 6.07) is 16.3. The Kier molecular flexibility index (Phi) is 9.23. The maximum atomic E-state index is 13.3. The van der Waals surface area contributed by atoms with Gasteiger partial charge in [-0.1, -0.05) is 25.1 Å². The predicted molar refractivity (Wildman–Crippen MR) is 159 cm³/mol. The summed E-state index contributed by atoms with van der Waals surface area (Å²) in [5, 5.41) is 43.1. The number of aliphatic hydroxyl groups excluding tert-OH is 3. The lowest BCUT2D eigenvalue weighted by molar-refractivity contribution is -0.244. The molecule has 220 valence electrons. The van der Waals surface area contributed by atoms with Crippen molar-refractivity contribution in [3.05, 3.63) is 59.1 Å². The number of nitrogens with one attached hydrogen (secondary N) is 1. The first-order valence-electron chi connectivity index (χ1n) is 13.8. The lowest BCUT2D eigenvalue weighted by atomic mass is 9.96. The minimum absolute atomic E-state index is 0.186. The van der Waals surface area contributed by atoms with Crippen molar-refractivity contribution in [2.75, 3.05) is 18.0 Å². The monoisotopic (exact) mass is 582 g/mol. The van der Waals surface area contributed by atoms with E-state index in [1.807, 2.05) is 16.7 Å². The molecular formula is C30H38N4O6S. The molecule has 0 radical (unpaired) electrons. The molecule has 2 aromatic carbocycles. The molecule has 4 rings (SSSR count). The maximum Gasteiger partial charge on any atom is 0.251 e. The highest BCUT2D eigenvalue weighted by Crippen LogP contribution is 2.32. The number of ether oxygens (including phenoxy) is 1. The molecule has 41 heavy (non-hydrogen) atoms. The van der Waals surface area contributed by atoms with Gasteiger partial charge in [-0.3, -0.25) is 0 Å². The van der Waals surface area contributed by atoms with E-state index < -0.39 is 45.6 Å². The highest BCUT2D eigenvalue weighted by atomic mass is 32.2. The van der Waals surface area contributed by atoms with E-state index >= 15 is 0 Å². The highest BCUT2D eigenvalue weighted by Gasteiger charge is 2.45. The molecule has 1 unspecified atom stereocenters.